The zero-order valence-corrected chi connectivity index (χ0v) is 38.0. The van der Waals surface area contributed by atoms with Crippen LogP contribution in [0.15, 0.2) is 223 Å². The number of rotatable bonds is 6. The van der Waals surface area contributed by atoms with Crippen molar-refractivity contribution in [1.29, 1.82) is 0 Å². The third kappa shape index (κ3) is 6.14. The molecule has 10 aromatic carbocycles. The molecular weight excluding hydrogens is 841 g/mol. The van der Waals surface area contributed by atoms with Crippen molar-refractivity contribution in [2.75, 3.05) is 0 Å². The normalized spacial score (nSPS) is 12.9. The fourth-order valence-corrected chi connectivity index (χ4v) is 11.1. The van der Waals surface area contributed by atoms with Gasteiger partial charge in [0.15, 0.2) is 11.6 Å². The summed E-state index contributed by atoms with van der Waals surface area (Å²) in [4.78, 5) is 16.0. The van der Waals surface area contributed by atoms with E-state index < -0.39 is 0 Å². The minimum Gasteiger partial charge on any atom is -0.456 e. The second-order valence-electron chi connectivity index (χ2n) is 18.8. The van der Waals surface area contributed by atoms with Gasteiger partial charge >= 0.3 is 0 Å². The van der Waals surface area contributed by atoms with Gasteiger partial charge in [0.1, 0.15) is 11.2 Å². The first kappa shape index (κ1) is 39.3. The summed E-state index contributed by atoms with van der Waals surface area (Å²) in [5.41, 5.74) is 17.7. The lowest BCUT2D eigenvalue weighted by atomic mass is 9.82. The molecule has 5 nitrogen and oxygen atoms in total. The highest BCUT2D eigenvalue weighted by Gasteiger charge is 2.35. The molecule has 3 heterocycles. The molecule has 0 saturated carbocycles. The Kier molecular flexibility index (Phi) is 8.56. The van der Waals surface area contributed by atoms with Gasteiger partial charge in [-0.05, 0) is 91.9 Å². The predicted molar refractivity (Wildman–Crippen MR) is 284 cm³/mol. The number of fused-ring (bicyclic) bond motifs is 11. The fraction of sp³-hybridized carbons (Fsp3) is 0.0469. The van der Waals surface area contributed by atoms with Crippen molar-refractivity contribution < 1.29 is 4.42 Å². The van der Waals surface area contributed by atoms with E-state index in [4.69, 9.17) is 19.4 Å². The Morgan fingerprint density at radius 3 is 1.75 bits per heavy atom. The molecule has 0 unspecified atom stereocenters. The van der Waals surface area contributed by atoms with E-state index in [-0.39, 0.29) is 5.41 Å². The van der Waals surface area contributed by atoms with Crippen molar-refractivity contribution in [2.24, 2.45) is 0 Å². The van der Waals surface area contributed by atoms with Crippen LogP contribution in [0.4, 0.5) is 0 Å². The lowest BCUT2D eigenvalue weighted by Crippen LogP contribution is -2.14. The van der Waals surface area contributed by atoms with Crippen LogP contribution in [0.1, 0.15) is 25.0 Å². The summed E-state index contributed by atoms with van der Waals surface area (Å²) in [5.74, 6) is 1.69. The van der Waals surface area contributed by atoms with Gasteiger partial charge in [-0.25, -0.2) is 4.98 Å². The summed E-state index contributed by atoms with van der Waals surface area (Å²) < 4.78 is 8.67. The van der Waals surface area contributed by atoms with Gasteiger partial charge in [-0.3, -0.25) is 4.57 Å². The summed E-state index contributed by atoms with van der Waals surface area (Å²) in [6.45, 7) is 4.67. The fourth-order valence-electron chi connectivity index (χ4n) is 11.1. The molecule has 0 amide bonds. The van der Waals surface area contributed by atoms with Crippen molar-refractivity contribution in [3.63, 3.8) is 0 Å². The zero-order valence-electron chi connectivity index (χ0n) is 38.0. The van der Waals surface area contributed by atoms with Gasteiger partial charge in [-0.1, -0.05) is 196 Å². The lowest BCUT2D eigenvalue weighted by Gasteiger charge is -2.21. The zero-order chi connectivity index (χ0) is 45.8. The van der Waals surface area contributed by atoms with Crippen LogP contribution in [0.2, 0.25) is 0 Å². The molecule has 14 rings (SSSR count). The second kappa shape index (κ2) is 15.0. The highest BCUT2D eigenvalue weighted by atomic mass is 16.3. The van der Waals surface area contributed by atoms with Crippen LogP contribution < -0.4 is 0 Å². The van der Waals surface area contributed by atoms with Crippen LogP contribution in [-0.2, 0) is 5.41 Å². The van der Waals surface area contributed by atoms with Crippen LogP contribution in [0, 0.1) is 0 Å². The van der Waals surface area contributed by atoms with Crippen molar-refractivity contribution >= 4 is 54.5 Å². The molecule has 324 valence electrons. The van der Waals surface area contributed by atoms with E-state index in [0.29, 0.717) is 17.6 Å². The number of aromatic nitrogens is 4. The second-order valence-corrected chi connectivity index (χ2v) is 18.8. The first-order valence-electron chi connectivity index (χ1n) is 23.6. The Morgan fingerprint density at radius 2 is 0.913 bits per heavy atom. The van der Waals surface area contributed by atoms with Gasteiger partial charge in [0.25, 0.3) is 0 Å². The molecule has 0 atom stereocenters. The van der Waals surface area contributed by atoms with Crippen molar-refractivity contribution in [1.82, 2.24) is 19.5 Å². The van der Waals surface area contributed by atoms with E-state index in [1.807, 2.05) is 36.4 Å². The van der Waals surface area contributed by atoms with E-state index in [0.717, 1.165) is 87.9 Å². The van der Waals surface area contributed by atoms with Crippen LogP contribution in [0.25, 0.3) is 128 Å². The average molecular weight is 883 g/mol. The Hall–Kier alpha value is -8.93. The Labute approximate surface area is 398 Å². The van der Waals surface area contributed by atoms with E-state index in [1.165, 1.54) is 33.4 Å². The third-order valence-electron chi connectivity index (χ3n) is 14.5. The third-order valence-corrected chi connectivity index (χ3v) is 14.5. The highest BCUT2D eigenvalue weighted by Crippen LogP contribution is 2.50. The summed E-state index contributed by atoms with van der Waals surface area (Å²) >= 11 is 0. The van der Waals surface area contributed by atoms with E-state index in [2.05, 4.69) is 200 Å². The Morgan fingerprint density at radius 1 is 0.348 bits per heavy atom. The number of hydrogen-bond donors (Lipinski definition) is 0. The van der Waals surface area contributed by atoms with Crippen LogP contribution in [0.3, 0.4) is 0 Å². The topological polar surface area (TPSA) is 56.7 Å². The standard InChI is InChI=1S/C64H42N4O/c1-64(2)55-27-10-8-23-49(55)54-37-44(31-34-56(54)64)42-19-12-18-41(35-42)43-20-13-21-45(36-43)48-25-14-26-52-53-33-29-39-15-6-7-22-47(39)59(53)68(60(48)52)63-66-61(40-16-4-3-5-17-40)65-62(67-63)46-30-32-51-50-24-9-11-28-57(50)69-58(51)38-46/h3-38H,1-2H3. The van der Waals surface area contributed by atoms with Crippen LogP contribution in [0.5, 0.6) is 0 Å². The van der Waals surface area contributed by atoms with Gasteiger partial charge in [-0.2, -0.15) is 9.97 Å². The first-order valence-corrected chi connectivity index (χ1v) is 23.6. The summed E-state index contributed by atoms with van der Waals surface area (Å²) in [6.07, 6.45) is 0. The molecule has 69 heavy (non-hydrogen) atoms. The maximum atomic E-state index is 6.39. The first-order chi connectivity index (χ1) is 33.9. The molecule has 0 spiro atoms. The molecular formula is C64H42N4O. The Balaban J connectivity index is 0.959. The molecule has 0 bridgehead atoms. The minimum atomic E-state index is -0.0322. The SMILES string of the molecule is CC1(C)c2ccccc2-c2cc(-c3cccc(-c4cccc(-c5cccc6c7ccc8ccccc8c7n(-c7nc(-c8ccccc8)nc(-c8ccc9c(c8)oc8ccccc89)n7)c56)c4)c3)ccc21. The van der Waals surface area contributed by atoms with Gasteiger partial charge in [0.05, 0.1) is 11.0 Å². The van der Waals surface area contributed by atoms with Crippen LogP contribution in [-0.4, -0.2) is 19.5 Å². The largest absolute Gasteiger partial charge is 0.456 e. The quantitative estimate of drug-likeness (QED) is 0.167. The molecule has 0 fully saturated rings. The molecule has 0 saturated heterocycles. The average Bonchev–Trinajstić information content (AvgIpc) is 4.04. The monoisotopic (exact) mass is 882 g/mol. The van der Waals surface area contributed by atoms with Crippen molar-refractivity contribution in [2.45, 2.75) is 19.3 Å². The number of benzene rings is 10. The molecule has 5 heteroatoms. The van der Waals surface area contributed by atoms with Gasteiger partial charge in [0.2, 0.25) is 5.95 Å². The maximum Gasteiger partial charge on any atom is 0.238 e. The molecule has 3 aromatic heterocycles. The van der Waals surface area contributed by atoms with E-state index in [1.54, 1.807) is 0 Å². The minimum absolute atomic E-state index is 0.0322. The number of nitrogens with zero attached hydrogens (tertiary/aromatic N) is 4. The highest BCUT2D eigenvalue weighted by molar-refractivity contribution is 6.21. The van der Waals surface area contributed by atoms with E-state index >= 15 is 0 Å². The molecule has 13 aromatic rings. The lowest BCUT2D eigenvalue weighted by molar-refractivity contribution is 0.660. The predicted octanol–water partition coefficient (Wildman–Crippen LogP) is 16.7. The number of furan rings is 1. The smallest absolute Gasteiger partial charge is 0.238 e. The van der Waals surface area contributed by atoms with Gasteiger partial charge in [0, 0.05) is 49.0 Å². The molecule has 0 aliphatic heterocycles. The molecule has 1 aliphatic rings. The molecule has 1 aliphatic carbocycles. The molecule has 0 N–H and O–H groups in total. The number of hydrogen-bond acceptors (Lipinski definition) is 4. The summed E-state index contributed by atoms with van der Waals surface area (Å²) in [6, 6.07) is 78.1. The van der Waals surface area contributed by atoms with E-state index in [9.17, 15) is 0 Å². The van der Waals surface area contributed by atoms with Gasteiger partial charge < -0.3 is 4.42 Å². The Bertz CT molecular complexity index is 4230. The van der Waals surface area contributed by atoms with Crippen molar-refractivity contribution in [3.05, 3.63) is 230 Å². The van der Waals surface area contributed by atoms with Gasteiger partial charge in [-0.15, -0.1) is 0 Å². The van der Waals surface area contributed by atoms with Crippen LogP contribution >= 0.6 is 0 Å². The number of para-hydroxylation sites is 2. The maximum absolute atomic E-state index is 6.39. The summed E-state index contributed by atoms with van der Waals surface area (Å²) in [5, 5.41) is 6.64. The van der Waals surface area contributed by atoms with Crippen molar-refractivity contribution in [3.8, 4) is 73.2 Å². The summed E-state index contributed by atoms with van der Waals surface area (Å²) in [7, 11) is 0. The molecule has 0 radical (unpaired) electrons.